The molecule has 28 heavy (non-hydrogen) atoms. The number of rotatable bonds is 3. The molecule has 4 rings (SSSR count). The fourth-order valence-corrected chi connectivity index (χ4v) is 3.46. The molecule has 0 spiro atoms. The smallest absolute Gasteiger partial charge is 0.255 e. The third-order valence-electron chi connectivity index (χ3n) is 4.90. The van der Waals surface area contributed by atoms with Crippen molar-refractivity contribution in [1.29, 1.82) is 0 Å². The van der Waals surface area contributed by atoms with Gasteiger partial charge in [-0.1, -0.05) is 30.3 Å². The number of piperazine rings is 1. The molecule has 1 aliphatic rings. The Morgan fingerprint density at radius 1 is 1.18 bits per heavy atom. The number of benzene rings is 2. The Morgan fingerprint density at radius 2 is 2.00 bits per heavy atom. The zero-order valence-corrected chi connectivity index (χ0v) is 15.7. The van der Waals surface area contributed by atoms with Gasteiger partial charge in [0, 0.05) is 23.8 Å². The van der Waals surface area contributed by atoms with E-state index in [9.17, 15) is 9.59 Å². The minimum absolute atomic E-state index is 0.0223. The van der Waals surface area contributed by atoms with Crippen LogP contribution in [-0.2, 0) is 4.79 Å². The average Bonchev–Trinajstić information content (AvgIpc) is 3.23. The van der Waals surface area contributed by atoms with Gasteiger partial charge in [0.25, 0.3) is 5.91 Å². The number of nitrogens with zero attached hydrogens (tertiary/aromatic N) is 5. The van der Waals surface area contributed by atoms with Crippen LogP contribution in [0.15, 0.2) is 48.5 Å². The van der Waals surface area contributed by atoms with Gasteiger partial charge in [-0.15, -0.1) is 10.2 Å². The Morgan fingerprint density at radius 3 is 2.75 bits per heavy atom. The molecular weight excluding hydrogens is 356 g/mol. The second-order valence-corrected chi connectivity index (χ2v) is 6.91. The van der Waals surface area contributed by atoms with Crippen molar-refractivity contribution in [1.82, 2.24) is 25.5 Å². The molecule has 0 unspecified atom stereocenters. The van der Waals surface area contributed by atoms with Crippen molar-refractivity contribution in [3.05, 3.63) is 59.7 Å². The molecule has 1 aromatic heterocycles. The summed E-state index contributed by atoms with van der Waals surface area (Å²) in [4.78, 5) is 29.4. The van der Waals surface area contributed by atoms with E-state index < -0.39 is 0 Å². The molecule has 8 heteroatoms. The van der Waals surface area contributed by atoms with E-state index in [1.807, 2.05) is 44.2 Å². The molecule has 3 aromatic rings. The summed E-state index contributed by atoms with van der Waals surface area (Å²) < 4.78 is 0. The highest BCUT2D eigenvalue weighted by molar-refractivity contribution is 6.04. The van der Waals surface area contributed by atoms with Crippen LogP contribution in [0.25, 0.3) is 11.4 Å². The zero-order valence-electron chi connectivity index (χ0n) is 15.7. The van der Waals surface area contributed by atoms with Gasteiger partial charge in [0.1, 0.15) is 6.54 Å². The Labute approximate surface area is 162 Å². The van der Waals surface area contributed by atoms with Crippen LogP contribution in [0.3, 0.4) is 0 Å². The highest BCUT2D eigenvalue weighted by atomic mass is 16.2. The Balaban J connectivity index is 1.60. The van der Waals surface area contributed by atoms with Crippen LogP contribution in [0.1, 0.15) is 22.8 Å². The van der Waals surface area contributed by atoms with Crippen molar-refractivity contribution in [3.8, 4) is 11.4 Å². The molecule has 0 radical (unpaired) electrons. The van der Waals surface area contributed by atoms with Gasteiger partial charge in [0.2, 0.25) is 11.7 Å². The summed E-state index contributed by atoms with van der Waals surface area (Å²) in [6, 6.07) is 14.8. The molecule has 1 fully saturated rings. The maximum atomic E-state index is 13.2. The van der Waals surface area contributed by atoms with Crippen molar-refractivity contribution in [2.75, 3.05) is 18.0 Å². The molecule has 1 N–H and O–H groups in total. The summed E-state index contributed by atoms with van der Waals surface area (Å²) in [7, 11) is 0. The molecule has 1 atom stereocenters. The van der Waals surface area contributed by atoms with E-state index in [-0.39, 0.29) is 24.4 Å². The average molecular weight is 376 g/mol. The van der Waals surface area contributed by atoms with Crippen molar-refractivity contribution in [2.45, 2.75) is 19.9 Å². The first kappa shape index (κ1) is 17.8. The first-order valence-corrected chi connectivity index (χ1v) is 9.05. The van der Waals surface area contributed by atoms with Gasteiger partial charge in [-0.3, -0.25) is 9.59 Å². The topological polar surface area (TPSA) is 95.1 Å². The first-order chi connectivity index (χ1) is 13.5. The minimum Gasteiger partial charge on any atom is -0.325 e. The molecule has 142 valence electrons. The number of aromatic nitrogens is 4. The molecule has 2 aromatic carbocycles. The number of amides is 2. The minimum atomic E-state index is -0.217. The van der Waals surface area contributed by atoms with Crippen LogP contribution in [0, 0.1) is 6.92 Å². The van der Waals surface area contributed by atoms with E-state index in [0.717, 1.165) is 11.3 Å². The van der Waals surface area contributed by atoms with E-state index in [2.05, 4.69) is 20.6 Å². The van der Waals surface area contributed by atoms with E-state index in [1.54, 1.807) is 28.0 Å². The number of nitrogens with one attached hydrogen (secondary N) is 1. The Bertz CT molecular complexity index is 1020. The number of tetrazole rings is 1. The van der Waals surface area contributed by atoms with Gasteiger partial charge >= 0.3 is 0 Å². The van der Waals surface area contributed by atoms with Crippen LogP contribution >= 0.6 is 0 Å². The molecule has 0 saturated carbocycles. The van der Waals surface area contributed by atoms with Crippen molar-refractivity contribution in [2.24, 2.45) is 0 Å². The second kappa shape index (κ2) is 7.22. The van der Waals surface area contributed by atoms with E-state index in [0.29, 0.717) is 23.5 Å². The number of aryl methyl sites for hydroxylation is 1. The third kappa shape index (κ3) is 3.24. The standard InChI is InChI=1S/C20H20N6O2/c1-13-6-5-7-15(10-13)26-11-14(2)25(12-18(26)27)20(28)17-9-4-3-8-16(17)19-21-23-24-22-19/h3-10,14H,11-12H2,1-2H3,(H,21,22,23,24)/t14-/m0/s1. The number of hydrogen-bond acceptors (Lipinski definition) is 5. The summed E-state index contributed by atoms with van der Waals surface area (Å²) in [5.41, 5.74) is 2.98. The van der Waals surface area contributed by atoms with Crippen molar-refractivity contribution >= 4 is 17.5 Å². The van der Waals surface area contributed by atoms with Gasteiger partial charge in [0.05, 0.1) is 5.56 Å². The quantitative estimate of drug-likeness (QED) is 0.755. The normalized spacial score (nSPS) is 17.1. The van der Waals surface area contributed by atoms with Gasteiger partial charge < -0.3 is 9.80 Å². The van der Waals surface area contributed by atoms with Gasteiger partial charge in [-0.25, -0.2) is 0 Å². The first-order valence-electron chi connectivity index (χ1n) is 9.05. The van der Waals surface area contributed by atoms with Crippen LogP contribution in [0.4, 0.5) is 5.69 Å². The monoisotopic (exact) mass is 376 g/mol. The highest BCUT2D eigenvalue weighted by Gasteiger charge is 2.34. The third-order valence-corrected chi connectivity index (χ3v) is 4.90. The van der Waals surface area contributed by atoms with Crippen LogP contribution in [0.2, 0.25) is 0 Å². The summed E-state index contributed by atoms with van der Waals surface area (Å²) >= 11 is 0. The van der Waals surface area contributed by atoms with E-state index in [1.165, 1.54) is 0 Å². The number of H-pyrrole nitrogens is 1. The largest absolute Gasteiger partial charge is 0.325 e. The molecule has 2 amide bonds. The zero-order chi connectivity index (χ0) is 19.7. The van der Waals surface area contributed by atoms with Crippen LogP contribution in [0.5, 0.6) is 0 Å². The number of anilines is 1. The highest BCUT2D eigenvalue weighted by Crippen LogP contribution is 2.25. The summed E-state index contributed by atoms with van der Waals surface area (Å²) in [5.74, 6) is 0.0283. The lowest BCUT2D eigenvalue weighted by Crippen LogP contribution is -2.57. The van der Waals surface area contributed by atoms with Crippen LogP contribution in [-0.4, -0.2) is 56.5 Å². The fraction of sp³-hybridized carbons (Fsp3) is 0.250. The summed E-state index contributed by atoms with van der Waals surface area (Å²) in [5, 5.41) is 13.9. The maximum Gasteiger partial charge on any atom is 0.255 e. The van der Waals surface area contributed by atoms with Crippen molar-refractivity contribution < 1.29 is 9.59 Å². The predicted octanol–water partition coefficient (Wildman–Crippen LogP) is 2.05. The second-order valence-electron chi connectivity index (χ2n) is 6.91. The van der Waals surface area contributed by atoms with Crippen molar-refractivity contribution in [3.63, 3.8) is 0 Å². The lowest BCUT2D eigenvalue weighted by atomic mass is 10.0. The molecule has 0 aliphatic carbocycles. The fourth-order valence-electron chi connectivity index (χ4n) is 3.46. The molecule has 0 bridgehead atoms. The SMILES string of the molecule is Cc1cccc(N2C[C@H](C)N(C(=O)c3ccccc3-c3nn[nH]n3)CC2=O)c1. The predicted molar refractivity (Wildman–Crippen MR) is 104 cm³/mol. The Kier molecular flexibility index (Phi) is 4.60. The van der Waals surface area contributed by atoms with Gasteiger partial charge in [-0.05, 0) is 42.8 Å². The molecule has 1 saturated heterocycles. The lowest BCUT2D eigenvalue weighted by molar-refractivity contribution is -0.121. The van der Waals surface area contributed by atoms with E-state index >= 15 is 0 Å². The molecule has 2 heterocycles. The molecule has 8 nitrogen and oxygen atoms in total. The number of carbonyl (C=O) groups excluding carboxylic acids is 2. The van der Waals surface area contributed by atoms with Gasteiger partial charge in [0.15, 0.2) is 0 Å². The maximum absolute atomic E-state index is 13.2. The number of hydrogen-bond donors (Lipinski definition) is 1. The number of aromatic amines is 1. The molecular formula is C20H20N6O2. The lowest BCUT2D eigenvalue weighted by Gasteiger charge is -2.39. The van der Waals surface area contributed by atoms with Crippen LogP contribution < -0.4 is 4.90 Å². The Hall–Kier alpha value is -3.55. The van der Waals surface area contributed by atoms with Gasteiger partial charge in [-0.2, -0.15) is 5.21 Å². The number of carbonyl (C=O) groups is 2. The molecule has 1 aliphatic heterocycles. The summed E-state index contributed by atoms with van der Waals surface area (Å²) in [6.45, 7) is 4.41. The van der Waals surface area contributed by atoms with E-state index in [4.69, 9.17) is 0 Å². The summed E-state index contributed by atoms with van der Waals surface area (Å²) in [6.07, 6.45) is 0.